The van der Waals surface area contributed by atoms with Crippen LogP contribution in [0.1, 0.15) is 63.5 Å². The van der Waals surface area contributed by atoms with Crippen LogP contribution in [0.5, 0.6) is 5.75 Å². The number of carbonyl (C=O) groups excluding carboxylic acids is 5. The van der Waals surface area contributed by atoms with Crippen LogP contribution in [0.2, 0.25) is 0 Å². The van der Waals surface area contributed by atoms with Gasteiger partial charge in [0.25, 0.3) is 0 Å². The second-order valence-electron chi connectivity index (χ2n) is 15.3. The zero-order valence-electron chi connectivity index (χ0n) is 37.6. The number of nitrogens with zero attached hydrogens (tertiary/aromatic N) is 5. The molecule has 69 heavy (non-hydrogen) atoms. The monoisotopic (exact) mass is 1000 g/mol. The fraction of sp³-hybridized carbons (Fsp3) is 0.476. The number of nitrogens with one attached hydrogen (secondary N) is 4. The molecule has 0 saturated heterocycles. The number of aliphatic carboxylic acids is 4. The lowest BCUT2D eigenvalue weighted by molar-refractivity contribution is -0.143. The molecule has 1 aromatic heterocycles. The van der Waals surface area contributed by atoms with E-state index >= 15 is 0 Å². The zero-order chi connectivity index (χ0) is 50.9. The van der Waals surface area contributed by atoms with E-state index < -0.39 is 90.6 Å². The van der Waals surface area contributed by atoms with Crippen molar-refractivity contribution in [2.24, 2.45) is 16.5 Å². The van der Waals surface area contributed by atoms with Crippen molar-refractivity contribution in [2.75, 3.05) is 31.6 Å². The molecule has 12 N–H and O–H groups in total. The normalized spacial score (nSPS) is 12.6. The van der Waals surface area contributed by atoms with Crippen molar-refractivity contribution in [3.8, 4) is 5.75 Å². The molecule has 0 spiro atoms. The smallest absolute Gasteiger partial charge is 0.415 e. The predicted octanol–water partition coefficient (Wildman–Crippen LogP) is 0.548. The minimum absolute atomic E-state index is 0.0158. The summed E-state index contributed by atoms with van der Waals surface area (Å²) in [6.45, 7) is 0.523. The summed E-state index contributed by atoms with van der Waals surface area (Å²) in [6, 6.07) is 6.03. The average Bonchev–Trinajstić information content (AvgIpc) is 3.74. The largest absolute Gasteiger partial charge is 0.481 e. The van der Waals surface area contributed by atoms with Crippen molar-refractivity contribution in [3.05, 3.63) is 54.4 Å². The molecule has 27 heteroatoms. The number of unbranched alkanes of at least 4 members (excludes halogenated alkanes) is 1. The molecule has 0 aliphatic carbocycles. The Morgan fingerprint density at radius 1 is 0.754 bits per heavy atom. The minimum atomic E-state index is -1.86. The summed E-state index contributed by atoms with van der Waals surface area (Å²) in [5.74, 6) is -9.28. The van der Waals surface area contributed by atoms with Gasteiger partial charge in [-0.1, -0.05) is 63.2 Å². The minimum Gasteiger partial charge on any atom is -0.481 e. The first-order valence-corrected chi connectivity index (χ1v) is 24.0. The lowest BCUT2D eigenvalue weighted by atomic mass is 10.1. The number of hydrogen-bond donors (Lipinski definition) is 10. The summed E-state index contributed by atoms with van der Waals surface area (Å²) in [5, 5.41) is 56.6. The summed E-state index contributed by atoms with van der Waals surface area (Å²) in [5.41, 5.74) is 11.4. The fourth-order valence-corrected chi connectivity index (χ4v) is 8.44. The molecule has 5 amide bonds. The number of aliphatic imine (C=N–C) groups is 1. The second kappa shape index (κ2) is 29.6. The number of aromatic nitrogens is 3. The molecule has 0 aliphatic rings. The van der Waals surface area contributed by atoms with Crippen LogP contribution in [-0.4, -0.2) is 156 Å². The third-order valence-corrected chi connectivity index (χ3v) is 12.2. The average molecular weight is 1000 g/mol. The Morgan fingerprint density at radius 2 is 1.39 bits per heavy atom. The Hall–Kier alpha value is -7.16. The first kappa shape index (κ1) is 56.2. The summed E-state index contributed by atoms with van der Waals surface area (Å²) in [6.07, 6.45) is 0.321. The number of benzene rings is 2. The Morgan fingerprint density at radius 3 is 2.06 bits per heavy atom. The van der Waals surface area contributed by atoms with Crippen molar-refractivity contribution in [2.45, 2.75) is 94.9 Å². The molecule has 0 unspecified atom stereocenters. The van der Waals surface area contributed by atoms with Crippen LogP contribution in [-0.2, 0) is 51.3 Å². The predicted molar refractivity (Wildman–Crippen MR) is 252 cm³/mol. The third-order valence-electron chi connectivity index (χ3n) is 9.77. The number of carbonyl (C=O) groups is 9. The van der Waals surface area contributed by atoms with Gasteiger partial charge in [-0.05, 0) is 50.0 Å². The third kappa shape index (κ3) is 21.6. The van der Waals surface area contributed by atoms with Crippen LogP contribution < -0.4 is 37.5 Å². The first-order valence-electron chi connectivity index (χ1n) is 21.5. The topological polar surface area (TPSA) is 390 Å². The number of nitrogens with two attached hydrogens (primary N) is 2. The SMILES string of the molecule is CN(CCSSC[C@H](NC(=O)[C@H](CC(=O)O)NC(=O)[C@H](CCCN=C(N)N)NC(=O)[C@H](CC(=O)O)NC(=O)CCCCn1cc(CCCC(=O)O)nn1)C(=O)O)C(=O)Oc1cccc2ccccc12. The van der Waals surface area contributed by atoms with Crippen LogP contribution in [0.4, 0.5) is 4.79 Å². The number of amides is 5. The van der Waals surface area contributed by atoms with E-state index in [0.717, 1.165) is 21.6 Å². The highest BCUT2D eigenvalue weighted by Crippen LogP contribution is 2.26. The molecular weight excluding hydrogens is 947 g/mol. The van der Waals surface area contributed by atoms with Crippen molar-refractivity contribution < 1.29 is 68.3 Å². The molecule has 0 fully saturated rings. The molecule has 1 heterocycles. The maximum atomic E-state index is 13.7. The maximum Gasteiger partial charge on any atom is 0.415 e. The number of hydrogen-bond acceptors (Lipinski definition) is 15. The van der Waals surface area contributed by atoms with Crippen LogP contribution in [0.3, 0.4) is 0 Å². The van der Waals surface area contributed by atoms with Gasteiger partial charge in [0.05, 0.1) is 18.5 Å². The summed E-state index contributed by atoms with van der Waals surface area (Å²) in [7, 11) is 3.77. The molecule has 4 atom stereocenters. The van der Waals surface area contributed by atoms with E-state index in [-0.39, 0.29) is 56.9 Å². The quantitative estimate of drug-likeness (QED) is 0.0177. The zero-order valence-corrected chi connectivity index (χ0v) is 39.2. The van der Waals surface area contributed by atoms with Gasteiger partial charge in [-0.25, -0.2) is 9.59 Å². The van der Waals surface area contributed by atoms with Gasteiger partial charge in [-0.15, -0.1) is 5.10 Å². The van der Waals surface area contributed by atoms with Gasteiger partial charge >= 0.3 is 30.0 Å². The number of carboxylic acid groups (broad SMARTS) is 4. The molecule has 2 aromatic carbocycles. The second-order valence-corrected chi connectivity index (χ2v) is 18.0. The van der Waals surface area contributed by atoms with E-state index in [1.54, 1.807) is 18.3 Å². The summed E-state index contributed by atoms with van der Waals surface area (Å²) < 4.78 is 7.10. The Kier molecular flexibility index (Phi) is 24.1. The van der Waals surface area contributed by atoms with Gasteiger partial charge in [-0.2, -0.15) is 0 Å². The number of fused-ring (bicyclic) bond motifs is 1. The van der Waals surface area contributed by atoms with Crippen molar-refractivity contribution in [3.63, 3.8) is 0 Å². The lowest BCUT2D eigenvalue weighted by Gasteiger charge is -2.25. The number of guanidine groups is 1. The van der Waals surface area contributed by atoms with E-state index in [1.807, 2.05) is 30.3 Å². The van der Waals surface area contributed by atoms with Gasteiger partial charge in [0.1, 0.15) is 29.9 Å². The van der Waals surface area contributed by atoms with Gasteiger partial charge in [0.15, 0.2) is 5.96 Å². The highest BCUT2D eigenvalue weighted by atomic mass is 33.1. The number of ether oxygens (including phenoxy) is 1. The van der Waals surface area contributed by atoms with Crippen molar-refractivity contribution >= 4 is 91.9 Å². The van der Waals surface area contributed by atoms with Gasteiger partial charge < -0.3 is 62.8 Å². The Balaban J connectivity index is 1.58. The Labute approximate surface area is 403 Å². The Bertz CT molecular complexity index is 2290. The molecule has 0 saturated carbocycles. The first-order chi connectivity index (χ1) is 32.8. The highest BCUT2D eigenvalue weighted by Gasteiger charge is 2.33. The van der Waals surface area contributed by atoms with Crippen LogP contribution >= 0.6 is 21.6 Å². The molecule has 0 radical (unpaired) electrons. The molecule has 3 rings (SSSR count). The lowest BCUT2D eigenvalue weighted by Crippen LogP contribution is -2.58. The van der Waals surface area contributed by atoms with Gasteiger partial charge in [-0.3, -0.25) is 43.2 Å². The van der Waals surface area contributed by atoms with Crippen molar-refractivity contribution in [1.29, 1.82) is 0 Å². The molecular formula is C42H57N11O14S2. The molecule has 3 aromatic rings. The van der Waals surface area contributed by atoms with Crippen LogP contribution in [0, 0.1) is 0 Å². The fourth-order valence-electron chi connectivity index (χ4n) is 6.24. The summed E-state index contributed by atoms with van der Waals surface area (Å²) >= 11 is 0. The summed E-state index contributed by atoms with van der Waals surface area (Å²) in [4.78, 5) is 118. The van der Waals surface area contributed by atoms with E-state index in [0.29, 0.717) is 43.0 Å². The molecule has 376 valence electrons. The molecule has 0 bridgehead atoms. The van der Waals surface area contributed by atoms with E-state index in [2.05, 4.69) is 36.6 Å². The van der Waals surface area contributed by atoms with E-state index in [9.17, 15) is 58.5 Å². The number of aryl methyl sites for hydroxylation is 2. The van der Waals surface area contributed by atoms with Gasteiger partial charge in [0, 0.05) is 62.6 Å². The van der Waals surface area contributed by atoms with Crippen molar-refractivity contribution in [1.82, 2.24) is 41.2 Å². The maximum absolute atomic E-state index is 13.7. The van der Waals surface area contributed by atoms with E-state index in [4.69, 9.17) is 21.3 Å². The number of rotatable bonds is 32. The van der Waals surface area contributed by atoms with Gasteiger partial charge in [0.2, 0.25) is 23.6 Å². The van der Waals surface area contributed by atoms with Crippen LogP contribution in [0.25, 0.3) is 10.8 Å². The molecule has 25 nitrogen and oxygen atoms in total. The number of carboxylic acids is 4. The molecule has 0 aliphatic heterocycles. The highest BCUT2D eigenvalue weighted by molar-refractivity contribution is 8.76. The van der Waals surface area contributed by atoms with E-state index in [1.165, 1.54) is 27.4 Å². The standard InChI is InChI=1S/C42H57N11O14S2/c1-52(42(66)67-32-14-6-10-25-9-2-3-12-27(25)32)19-20-68-69-24-31(40(64)65)49-39(63)30(22-36(59)60)48-37(61)28(13-8-17-45-41(43)44)47-38(62)29(21-35(57)58)46-33(54)15-4-5-18-53-23-26(50-51-53)11-7-16-34(55)56/h2-3,6,9-10,12,14,23,28-31H,4-5,7-8,11,13,15-22,24H2,1H3,(H,46,54)(H,47,62)(H,48,61)(H,49,63)(H,55,56)(H,57,58)(H,59,60)(H,64,65)(H4,43,44,45)/t28-,29-,30-,31-/m0/s1. The van der Waals surface area contributed by atoms with Crippen LogP contribution in [0.15, 0.2) is 53.7 Å².